The van der Waals surface area contributed by atoms with Crippen molar-refractivity contribution in [2.24, 2.45) is 0 Å². The first kappa shape index (κ1) is 4.45. The SMILES string of the molecule is [2H]c1cc([2H])c2c(=S)c3c([2H])cc([2H])c([2H])c3oc2c1[2H]. The fraction of sp³-hybridized carbons (Fsp3) is 0. The molecule has 0 N–H and O–H groups in total. The largest absolute Gasteiger partial charge is 0.456 e. The highest BCUT2D eigenvalue weighted by atomic mass is 32.1. The highest BCUT2D eigenvalue weighted by Crippen LogP contribution is 2.24. The zero-order chi connectivity index (χ0) is 15.5. The van der Waals surface area contributed by atoms with Gasteiger partial charge < -0.3 is 4.42 Å². The fourth-order valence-electron chi connectivity index (χ4n) is 1.39. The molecular weight excluding hydrogens is 204 g/mol. The van der Waals surface area contributed by atoms with Crippen LogP contribution >= 0.6 is 12.2 Å². The van der Waals surface area contributed by atoms with Crippen molar-refractivity contribution in [2.45, 2.75) is 0 Å². The normalized spacial score (nSPS) is 16.5. The van der Waals surface area contributed by atoms with Crippen LogP contribution in [0.1, 0.15) is 8.22 Å². The molecule has 1 heterocycles. The number of hydrogen-bond acceptors (Lipinski definition) is 2. The van der Waals surface area contributed by atoms with Crippen LogP contribution in [0.15, 0.2) is 52.8 Å². The van der Waals surface area contributed by atoms with Crippen molar-refractivity contribution in [3.05, 3.63) is 52.9 Å². The zero-order valence-corrected chi connectivity index (χ0v) is 8.29. The minimum atomic E-state index is -0.227. The number of para-hydroxylation sites is 2. The molecular formula is C13H8OS. The summed E-state index contributed by atoms with van der Waals surface area (Å²) in [6, 6.07) is 1.49. The van der Waals surface area contributed by atoms with Crippen LogP contribution in [0.3, 0.4) is 0 Å². The van der Waals surface area contributed by atoms with E-state index in [2.05, 4.69) is 0 Å². The standard InChI is InChI=1S/C13H8OS/c15-13-9-5-1-3-7-11(9)14-12-8-4-2-6-10(12)13/h1-8H/i3D,4D,5D,6D,7D,8D. The monoisotopic (exact) mass is 218 g/mol. The highest BCUT2D eigenvalue weighted by Gasteiger charge is 2.02. The van der Waals surface area contributed by atoms with E-state index in [-0.39, 0.29) is 62.7 Å². The molecule has 0 unspecified atom stereocenters. The Morgan fingerprint density at radius 3 is 2.00 bits per heavy atom. The molecule has 1 nitrogen and oxygen atoms in total. The lowest BCUT2D eigenvalue weighted by Gasteiger charge is -2.01. The Bertz CT molecular complexity index is 903. The van der Waals surface area contributed by atoms with Crippen molar-refractivity contribution in [3.8, 4) is 0 Å². The molecule has 1 aromatic heterocycles. The molecule has 0 atom stereocenters. The first-order chi connectivity index (χ1) is 9.82. The van der Waals surface area contributed by atoms with Gasteiger partial charge in [0, 0.05) is 10.8 Å². The quantitative estimate of drug-likeness (QED) is 0.412. The van der Waals surface area contributed by atoms with Gasteiger partial charge in [0.1, 0.15) is 11.2 Å². The molecule has 72 valence electrons. The second-order valence-corrected chi connectivity index (χ2v) is 3.36. The van der Waals surface area contributed by atoms with Gasteiger partial charge in [0.05, 0.1) is 12.7 Å². The van der Waals surface area contributed by atoms with E-state index in [4.69, 9.17) is 24.9 Å². The van der Waals surface area contributed by atoms with Gasteiger partial charge >= 0.3 is 0 Å². The summed E-state index contributed by atoms with van der Waals surface area (Å²) in [6.45, 7) is 0. The lowest BCUT2D eigenvalue weighted by Crippen LogP contribution is -1.77. The minimum absolute atomic E-state index is 0.0523. The lowest BCUT2D eigenvalue weighted by atomic mass is 10.1. The molecule has 0 aliphatic heterocycles. The van der Waals surface area contributed by atoms with E-state index in [0.717, 1.165) is 0 Å². The smallest absolute Gasteiger partial charge is 0.136 e. The minimum Gasteiger partial charge on any atom is -0.456 e. The van der Waals surface area contributed by atoms with Gasteiger partial charge in [0.15, 0.2) is 0 Å². The summed E-state index contributed by atoms with van der Waals surface area (Å²) < 4.78 is 52.5. The van der Waals surface area contributed by atoms with Crippen LogP contribution in [0.5, 0.6) is 0 Å². The third-order valence-electron chi connectivity index (χ3n) is 2.06. The number of fused-ring (bicyclic) bond motifs is 2. The summed E-state index contributed by atoms with van der Waals surface area (Å²) >= 11 is 5.29. The van der Waals surface area contributed by atoms with E-state index < -0.39 is 0 Å². The molecule has 0 bridgehead atoms. The molecule has 0 radical (unpaired) electrons. The Kier molecular flexibility index (Phi) is 0.943. The van der Waals surface area contributed by atoms with Gasteiger partial charge in [0.2, 0.25) is 0 Å². The van der Waals surface area contributed by atoms with Crippen molar-refractivity contribution in [2.75, 3.05) is 0 Å². The molecule has 0 aliphatic carbocycles. The molecule has 2 heteroatoms. The van der Waals surface area contributed by atoms with E-state index in [1.165, 1.54) is 12.1 Å². The Labute approximate surface area is 100 Å². The molecule has 3 aromatic rings. The third-order valence-corrected chi connectivity index (χ3v) is 2.47. The molecule has 0 fully saturated rings. The predicted molar refractivity (Wildman–Crippen MR) is 64.6 cm³/mol. The Hall–Kier alpha value is -1.67. The van der Waals surface area contributed by atoms with Crippen LogP contribution in [0.4, 0.5) is 0 Å². The first-order valence-corrected chi connectivity index (χ1v) is 4.68. The van der Waals surface area contributed by atoms with Crippen molar-refractivity contribution in [1.82, 2.24) is 0 Å². The second kappa shape index (κ2) is 3.17. The highest BCUT2D eigenvalue weighted by molar-refractivity contribution is 7.72. The number of rotatable bonds is 0. The second-order valence-electron chi connectivity index (χ2n) is 2.96. The molecule has 3 rings (SSSR count). The van der Waals surface area contributed by atoms with Gasteiger partial charge in [0.25, 0.3) is 0 Å². The van der Waals surface area contributed by atoms with Crippen LogP contribution < -0.4 is 0 Å². The van der Waals surface area contributed by atoms with Crippen LogP contribution in [0.25, 0.3) is 21.9 Å². The van der Waals surface area contributed by atoms with Crippen LogP contribution in [0, 0.1) is 4.51 Å². The van der Waals surface area contributed by atoms with Gasteiger partial charge in [-0.3, -0.25) is 0 Å². The third kappa shape index (κ3) is 1.26. The summed E-state index contributed by atoms with van der Waals surface area (Å²) in [5, 5.41) is 0.369. The number of hydrogen-bond donors (Lipinski definition) is 0. The average molecular weight is 218 g/mol. The molecule has 0 aliphatic rings. The first-order valence-electron chi connectivity index (χ1n) is 7.27. The van der Waals surface area contributed by atoms with Crippen LogP contribution in [-0.4, -0.2) is 0 Å². The Balaban J connectivity index is 2.73. The van der Waals surface area contributed by atoms with Crippen LogP contribution in [0.2, 0.25) is 0 Å². The van der Waals surface area contributed by atoms with Gasteiger partial charge in [-0.1, -0.05) is 36.4 Å². The molecule has 0 amide bonds. The lowest BCUT2D eigenvalue weighted by molar-refractivity contribution is 0.660. The zero-order valence-electron chi connectivity index (χ0n) is 13.5. The van der Waals surface area contributed by atoms with Gasteiger partial charge in [-0.25, -0.2) is 0 Å². The van der Waals surface area contributed by atoms with E-state index in [0.29, 0.717) is 0 Å². The van der Waals surface area contributed by atoms with E-state index in [9.17, 15) is 0 Å². The van der Waals surface area contributed by atoms with Crippen LogP contribution in [-0.2, 0) is 0 Å². The maximum Gasteiger partial charge on any atom is 0.136 e. The molecule has 0 saturated heterocycles. The molecule has 0 spiro atoms. The van der Waals surface area contributed by atoms with Crippen molar-refractivity contribution in [1.29, 1.82) is 0 Å². The van der Waals surface area contributed by atoms with Gasteiger partial charge in [-0.15, -0.1) is 0 Å². The predicted octanol–water partition coefficient (Wildman–Crippen LogP) is 4.32. The summed E-state index contributed by atoms with van der Waals surface area (Å²) in [4.78, 5) is 0. The van der Waals surface area contributed by atoms with Gasteiger partial charge in [-0.05, 0) is 24.2 Å². The average Bonchev–Trinajstić information content (AvgIpc) is 2.41. The fourth-order valence-corrected chi connectivity index (χ4v) is 1.70. The Morgan fingerprint density at radius 2 is 1.47 bits per heavy atom. The van der Waals surface area contributed by atoms with E-state index in [1.807, 2.05) is 0 Å². The van der Waals surface area contributed by atoms with Crippen molar-refractivity contribution < 1.29 is 12.6 Å². The van der Waals surface area contributed by atoms with Crippen molar-refractivity contribution in [3.63, 3.8) is 0 Å². The topological polar surface area (TPSA) is 13.1 Å². The molecule has 2 aromatic carbocycles. The summed E-state index contributed by atoms with van der Waals surface area (Å²) in [7, 11) is 0. The molecule has 0 saturated carbocycles. The maximum absolute atomic E-state index is 7.91. The van der Waals surface area contributed by atoms with E-state index in [1.54, 1.807) is 0 Å². The Morgan fingerprint density at radius 1 is 0.933 bits per heavy atom. The summed E-state index contributed by atoms with van der Waals surface area (Å²) in [5.41, 5.74) is -0.105. The van der Waals surface area contributed by atoms with Crippen molar-refractivity contribution >= 4 is 34.2 Å². The van der Waals surface area contributed by atoms with Gasteiger partial charge in [-0.2, -0.15) is 0 Å². The summed E-state index contributed by atoms with van der Waals surface area (Å²) in [6.07, 6.45) is 0. The maximum atomic E-state index is 7.91. The number of benzene rings is 2. The van der Waals surface area contributed by atoms with E-state index >= 15 is 0 Å². The molecule has 15 heavy (non-hydrogen) atoms. The summed E-state index contributed by atoms with van der Waals surface area (Å²) in [5.74, 6) is 0.